The van der Waals surface area contributed by atoms with Crippen molar-refractivity contribution in [3.63, 3.8) is 0 Å². The first-order valence-corrected chi connectivity index (χ1v) is 10.0. The molecular weight excluding hydrogens is 354 g/mol. The van der Waals surface area contributed by atoms with Crippen molar-refractivity contribution in [3.05, 3.63) is 41.7 Å². The van der Waals surface area contributed by atoms with Gasteiger partial charge in [-0.3, -0.25) is 4.68 Å². The van der Waals surface area contributed by atoms with Gasteiger partial charge in [-0.1, -0.05) is 6.07 Å². The van der Waals surface area contributed by atoms with E-state index in [9.17, 15) is 0 Å². The van der Waals surface area contributed by atoms with Gasteiger partial charge < -0.3 is 20.1 Å². The van der Waals surface area contributed by atoms with Crippen LogP contribution in [-0.2, 0) is 20.1 Å². The van der Waals surface area contributed by atoms with Crippen LogP contribution in [0.3, 0.4) is 0 Å². The fraction of sp³-hybridized carbons (Fsp3) is 0.524. The molecule has 1 aromatic heterocycles. The van der Waals surface area contributed by atoms with E-state index < -0.39 is 0 Å². The predicted molar refractivity (Wildman–Crippen MR) is 111 cm³/mol. The Bertz CT molecular complexity index is 781. The van der Waals surface area contributed by atoms with Crippen molar-refractivity contribution < 1.29 is 9.47 Å². The summed E-state index contributed by atoms with van der Waals surface area (Å²) in [7, 11) is 3.62. The number of hydrogen-bond acceptors (Lipinski definition) is 4. The second kappa shape index (κ2) is 10.0. The van der Waals surface area contributed by atoms with E-state index in [1.807, 2.05) is 29.9 Å². The molecule has 3 rings (SSSR count). The number of benzene rings is 1. The quantitative estimate of drug-likeness (QED) is 0.540. The van der Waals surface area contributed by atoms with Crippen LogP contribution in [-0.4, -0.2) is 35.5 Å². The summed E-state index contributed by atoms with van der Waals surface area (Å²) >= 11 is 0. The summed E-state index contributed by atoms with van der Waals surface area (Å²) in [6.45, 7) is 4.08. The Morgan fingerprint density at radius 2 is 2.04 bits per heavy atom. The highest BCUT2D eigenvalue weighted by atomic mass is 16.5. The normalized spacial score (nSPS) is 14.9. The third-order valence-corrected chi connectivity index (χ3v) is 4.95. The van der Waals surface area contributed by atoms with E-state index in [1.165, 1.54) is 12.8 Å². The smallest absolute Gasteiger partial charge is 0.191 e. The number of methoxy groups -OCH3 is 1. The molecule has 7 nitrogen and oxygen atoms in total. The van der Waals surface area contributed by atoms with Gasteiger partial charge in [0.1, 0.15) is 0 Å². The standard InChI is InChI=1S/C21H31N5O2/c1-4-22-21(24-15-17-11-12-25-26(17)2)23-14-16-9-10-19(20(13-16)27-3)28-18-7-5-6-8-18/h9-13,18H,4-8,14-15H2,1-3H3,(H2,22,23,24). The fourth-order valence-corrected chi connectivity index (χ4v) is 3.35. The monoisotopic (exact) mass is 385 g/mol. The summed E-state index contributed by atoms with van der Waals surface area (Å²) in [5.41, 5.74) is 2.18. The molecule has 1 heterocycles. The number of ether oxygens (including phenoxy) is 2. The minimum Gasteiger partial charge on any atom is -0.493 e. The van der Waals surface area contributed by atoms with Crippen LogP contribution in [0.5, 0.6) is 11.5 Å². The molecule has 1 aliphatic carbocycles. The lowest BCUT2D eigenvalue weighted by Crippen LogP contribution is -2.37. The molecule has 1 fully saturated rings. The van der Waals surface area contributed by atoms with Crippen molar-refractivity contribution >= 4 is 5.96 Å². The highest BCUT2D eigenvalue weighted by Gasteiger charge is 2.18. The van der Waals surface area contributed by atoms with Crippen LogP contribution < -0.4 is 20.1 Å². The van der Waals surface area contributed by atoms with Crippen LogP contribution in [0, 0.1) is 0 Å². The van der Waals surface area contributed by atoms with Crippen molar-refractivity contribution in [1.29, 1.82) is 0 Å². The van der Waals surface area contributed by atoms with Crippen LogP contribution in [0.15, 0.2) is 35.5 Å². The van der Waals surface area contributed by atoms with E-state index in [0.29, 0.717) is 19.2 Å². The topological polar surface area (TPSA) is 72.7 Å². The summed E-state index contributed by atoms with van der Waals surface area (Å²) in [4.78, 5) is 4.69. The average Bonchev–Trinajstić information content (AvgIpc) is 3.36. The Labute approximate surface area is 167 Å². The van der Waals surface area contributed by atoms with Crippen LogP contribution in [0.4, 0.5) is 0 Å². The Balaban J connectivity index is 1.63. The number of guanidine groups is 1. The molecule has 0 atom stereocenters. The highest BCUT2D eigenvalue weighted by molar-refractivity contribution is 5.79. The number of nitrogens with one attached hydrogen (secondary N) is 2. The van der Waals surface area contributed by atoms with Crippen LogP contribution in [0.25, 0.3) is 0 Å². The zero-order valence-electron chi connectivity index (χ0n) is 17.1. The maximum absolute atomic E-state index is 6.11. The molecule has 0 radical (unpaired) electrons. The lowest BCUT2D eigenvalue weighted by molar-refractivity contribution is 0.200. The van der Waals surface area contributed by atoms with Gasteiger partial charge in [-0.25, -0.2) is 4.99 Å². The molecule has 1 saturated carbocycles. The zero-order valence-corrected chi connectivity index (χ0v) is 17.1. The molecule has 1 aliphatic rings. The van der Waals surface area contributed by atoms with Crippen LogP contribution in [0.1, 0.15) is 43.9 Å². The molecule has 1 aromatic carbocycles. The van der Waals surface area contributed by atoms with Crippen molar-refractivity contribution in [2.45, 2.75) is 51.8 Å². The van der Waals surface area contributed by atoms with Gasteiger partial charge in [-0.05, 0) is 56.4 Å². The minimum atomic E-state index is 0.314. The number of hydrogen-bond donors (Lipinski definition) is 2. The summed E-state index contributed by atoms with van der Waals surface area (Å²) < 4.78 is 13.5. The molecule has 0 bridgehead atoms. The highest BCUT2D eigenvalue weighted by Crippen LogP contribution is 2.32. The summed E-state index contributed by atoms with van der Waals surface area (Å²) in [6, 6.07) is 8.06. The van der Waals surface area contributed by atoms with E-state index in [2.05, 4.69) is 33.7 Å². The molecule has 7 heteroatoms. The van der Waals surface area contributed by atoms with E-state index in [1.54, 1.807) is 13.3 Å². The number of aryl methyl sites for hydroxylation is 1. The van der Waals surface area contributed by atoms with Crippen molar-refractivity contribution in [2.24, 2.45) is 12.0 Å². The number of aliphatic imine (C=N–C) groups is 1. The molecule has 0 aliphatic heterocycles. The predicted octanol–water partition coefficient (Wildman–Crippen LogP) is 3.01. The van der Waals surface area contributed by atoms with Gasteiger partial charge in [-0.2, -0.15) is 5.10 Å². The summed E-state index contributed by atoms with van der Waals surface area (Å²) in [5.74, 6) is 2.37. The number of nitrogens with zero attached hydrogens (tertiary/aromatic N) is 3. The fourth-order valence-electron chi connectivity index (χ4n) is 3.35. The van der Waals surface area contributed by atoms with Crippen LogP contribution in [0.2, 0.25) is 0 Å². The Morgan fingerprint density at radius 1 is 1.21 bits per heavy atom. The van der Waals surface area contributed by atoms with E-state index >= 15 is 0 Å². The summed E-state index contributed by atoms with van der Waals surface area (Å²) in [5, 5.41) is 10.8. The van der Waals surface area contributed by atoms with Crippen molar-refractivity contribution in [2.75, 3.05) is 13.7 Å². The molecule has 152 valence electrons. The second-order valence-electron chi connectivity index (χ2n) is 7.00. The number of aromatic nitrogens is 2. The third kappa shape index (κ3) is 5.41. The maximum Gasteiger partial charge on any atom is 0.191 e. The zero-order chi connectivity index (χ0) is 19.8. The van der Waals surface area contributed by atoms with Gasteiger partial charge in [0, 0.05) is 19.8 Å². The summed E-state index contributed by atoms with van der Waals surface area (Å²) in [6.07, 6.45) is 6.86. The molecule has 2 N–H and O–H groups in total. The molecule has 0 spiro atoms. The Morgan fingerprint density at radius 3 is 2.71 bits per heavy atom. The van der Waals surface area contributed by atoms with Gasteiger partial charge in [0.15, 0.2) is 17.5 Å². The van der Waals surface area contributed by atoms with E-state index in [0.717, 1.165) is 48.1 Å². The minimum absolute atomic E-state index is 0.314. The van der Waals surface area contributed by atoms with Gasteiger partial charge in [-0.15, -0.1) is 0 Å². The molecule has 0 amide bonds. The lowest BCUT2D eigenvalue weighted by Gasteiger charge is -2.16. The molecule has 0 unspecified atom stereocenters. The van der Waals surface area contributed by atoms with Gasteiger partial charge in [0.05, 0.1) is 32.0 Å². The number of rotatable bonds is 8. The lowest BCUT2D eigenvalue weighted by atomic mass is 10.2. The first-order chi connectivity index (χ1) is 13.7. The van der Waals surface area contributed by atoms with E-state index in [-0.39, 0.29) is 0 Å². The SMILES string of the molecule is CCNC(=NCc1ccc(OC2CCCC2)c(OC)c1)NCc1ccnn1C. The largest absolute Gasteiger partial charge is 0.493 e. The van der Waals surface area contributed by atoms with Gasteiger partial charge >= 0.3 is 0 Å². The third-order valence-electron chi connectivity index (χ3n) is 4.95. The molecule has 2 aromatic rings. The van der Waals surface area contributed by atoms with E-state index in [4.69, 9.17) is 9.47 Å². The molecule has 28 heavy (non-hydrogen) atoms. The first kappa shape index (κ1) is 20.0. The van der Waals surface area contributed by atoms with Crippen LogP contribution >= 0.6 is 0 Å². The van der Waals surface area contributed by atoms with Gasteiger partial charge in [0.2, 0.25) is 0 Å². The van der Waals surface area contributed by atoms with Crippen molar-refractivity contribution in [1.82, 2.24) is 20.4 Å². The molecule has 0 saturated heterocycles. The maximum atomic E-state index is 6.11. The Hall–Kier alpha value is -2.70. The molecular formula is C21H31N5O2. The second-order valence-corrected chi connectivity index (χ2v) is 7.00. The van der Waals surface area contributed by atoms with Gasteiger partial charge in [0.25, 0.3) is 0 Å². The average molecular weight is 386 g/mol. The Kier molecular flexibility index (Phi) is 7.17. The van der Waals surface area contributed by atoms with Crippen molar-refractivity contribution in [3.8, 4) is 11.5 Å². The first-order valence-electron chi connectivity index (χ1n) is 10.0.